The smallest absolute Gasteiger partial charge is 0.344 e. The van der Waals surface area contributed by atoms with Crippen LogP contribution in [-0.4, -0.2) is 18.9 Å². The molecule has 0 fully saturated rings. The fraction of sp³-hybridized carbons (Fsp3) is 0.211. The molecule has 1 aliphatic heterocycles. The molecule has 9 heteroatoms. The maximum absolute atomic E-state index is 12.7. The lowest BCUT2D eigenvalue weighted by atomic mass is 10.1. The van der Waals surface area contributed by atoms with Crippen LogP contribution in [0.1, 0.15) is 48.2 Å². The van der Waals surface area contributed by atoms with Crippen LogP contribution in [0.15, 0.2) is 115 Å². The number of quaternary nitrogens is 1. The highest BCUT2D eigenvalue weighted by Gasteiger charge is 2.22. The molecule has 2 N–H and O–H groups in total. The molecule has 238 valence electrons. The van der Waals surface area contributed by atoms with Crippen molar-refractivity contribution in [3.8, 4) is 0 Å². The van der Waals surface area contributed by atoms with Crippen molar-refractivity contribution in [3.63, 3.8) is 0 Å². The van der Waals surface area contributed by atoms with Crippen LogP contribution in [0.3, 0.4) is 0 Å². The van der Waals surface area contributed by atoms with E-state index in [0.29, 0.717) is 23.1 Å². The minimum absolute atomic E-state index is 0.0637. The average molecular weight is 646 g/mol. The second-order valence-corrected chi connectivity index (χ2v) is 12.8. The number of nitrogens with two attached hydrogens (primary N) is 1. The van der Waals surface area contributed by atoms with Crippen molar-refractivity contribution < 1.29 is 24.2 Å². The molecule has 0 unspecified atom stereocenters. The van der Waals surface area contributed by atoms with Gasteiger partial charge in [0.05, 0.1) is 28.4 Å². The number of fused-ring (bicyclic) bond motifs is 2. The van der Waals surface area contributed by atoms with Gasteiger partial charge >= 0.3 is 11.5 Å². The molecule has 0 atom stereocenters. The predicted octanol–water partition coefficient (Wildman–Crippen LogP) is 5.66. The summed E-state index contributed by atoms with van der Waals surface area (Å²) in [6.45, 7) is 5.22. The van der Waals surface area contributed by atoms with E-state index in [2.05, 4.69) is 77.8 Å². The van der Waals surface area contributed by atoms with Gasteiger partial charge in [0.15, 0.2) is 11.4 Å². The zero-order valence-corrected chi connectivity index (χ0v) is 27.5. The molecular formula is C38H37N4O4S+. The van der Waals surface area contributed by atoms with Crippen molar-refractivity contribution >= 4 is 57.7 Å². The van der Waals surface area contributed by atoms with Gasteiger partial charge < -0.3 is 14.4 Å². The first-order valence-electron chi connectivity index (χ1n) is 15.8. The summed E-state index contributed by atoms with van der Waals surface area (Å²) in [4.78, 5) is 32.5. The van der Waals surface area contributed by atoms with Crippen molar-refractivity contribution in [2.45, 2.75) is 51.0 Å². The van der Waals surface area contributed by atoms with Gasteiger partial charge in [-0.1, -0.05) is 42.1 Å². The number of para-hydroxylation sites is 2. The summed E-state index contributed by atoms with van der Waals surface area (Å²) < 4.78 is 7.59. The molecule has 1 aliphatic rings. The second-order valence-electron chi connectivity index (χ2n) is 11.7. The first-order valence-corrected chi connectivity index (χ1v) is 16.6. The lowest BCUT2D eigenvalue weighted by molar-refractivity contribution is -0.709. The van der Waals surface area contributed by atoms with Gasteiger partial charge in [-0.15, -0.1) is 0 Å². The fourth-order valence-corrected chi connectivity index (χ4v) is 6.93. The van der Waals surface area contributed by atoms with Gasteiger partial charge in [0.2, 0.25) is 0 Å². The lowest BCUT2D eigenvalue weighted by Gasteiger charge is -2.13. The number of carbonyl (C=O) groups is 1. The molecule has 6 rings (SSSR count). The van der Waals surface area contributed by atoms with Crippen LogP contribution in [-0.2, 0) is 11.3 Å². The highest BCUT2D eigenvalue weighted by atomic mass is 32.2. The summed E-state index contributed by atoms with van der Waals surface area (Å²) in [5.74, 6) is -0.606. The Morgan fingerprint density at radius 3 is 2.45 bits per heavy atom. The predicted molar refractivity (Wildman–Crippen MR) is 185 cm³/mol. The third-order valence-electron chi connectivity index (χ3n) is 8.29. The number of aromatic nitrogens is 1. The van der Waals surface area contributed by atoms with Crippen LogP contribution in [0.2, 0.25) is 0 Å². The van der Waals surface area contributed by atoms with Crippen LogP contribution < -0.4 is 25.5 Å². The van der Waals surface area contributed by atoms with Crippen molar-refractivity contribution in [2.75, 3.05) is 11.9 Å². The van der Waals surface area contributed by atoms with Gasteiger partial charge in [-0.25, -0.2) is 14.2 Å². The number of benzene rings is 3. The van der Waals surface area contributed by atoms with Gasteiger partial charge in [0.1, 0.15) is 17.8 Å². The Morgan fingerprint density at radius 1 is 0.957 bits per heavy atom. The van der Waals surface area contributed by atoms with E-state index in [-0.39, 0.29) is 11.5 Å². The van der Waals surface area contributed by atoms with Gasteiger partial charge in [0, 0.05) is 67.8 Å². The molecule has 0 bridgehead atoms. The van der Waals surface area contributed by atoms with Gasteiger partial charge in [-0.05, 0) is 60.9 Å². The Kier molecular flexibility index (Phi) is 9.65. The number of amides is 1. The fourth-order valence-electron chi connectivity index (χ4n) is 5.82. The zero-order valence-electron chi connectivity index (χ0n) is 26.7. The van der Waals surface area contributed by atoms with E-state index in [9.17, 15) is 14.7 Å². The molecule has 0 saturated carbocycles. The third kappa shape index (κ3) is 7.53. The molecule has 5 aromatic rings. The number of rotatable bonds is 10. The van der Waals surface area contributed by atoms with Crippen molar-refractivity contribution in [3.05, 3.63) is 129 Å². The SMILES string of the molecule is Cc1cc(C=C2Sc3ccccc3N2C)cc(C)[n+]1CCCCCC(=O)[NH2+]c1ccc(N=C([O-])c2cc3ccccc3oc2=O)cc1. The molecule has 1 amide bonds. The van der Waals surface area contributed by atoms with Crippen LogP contribution in [0, 0.1) is 13.8 Å². The molecule has 0 aliphatic carbocycles. The third-order valence-corrected chi connectivity index (χ3v) is 9.46. The Morgan fingerprint density at radius 2 is 1.68 bits per heavy atom. The summed E-state index contributed by atoms with van der Waals surface area (Å²) in [5, 5.41) is 16.2. The number of hydrogen-bond donors (Lipinski definition) is 1. The molecule has 3 aromatic carbocycles. The zero-order chi connectivity index (χ0) is 32.9. The first-order chi connectivity index (χ1) is 22.7. The number of carbonyl (C=O) groups excluding carboxylic acids is 1. The first kappa shape index (κ1) is 32.0. The molecule has 0 saturated heterocycles. The average Bonchev–Trinajstić information content (AvgIpc) is 3.37. The maximum atomic E-state index is 12.7. The normalized spacial score (nSPS) is 13.8. The Bertz CT molecular complexity index is 2040. The summed E-state index contributed by atoms with van der Waals surface area (Å²) in [5.41, 5.74) is 5.61. The minimum Gasteiger partial charge on any atom is -0.858 e. The van der Waals surface area contributed by atoms with Crippen LogP contribution in [0.4, 0.5) is 17.1 Å². The molecule has 0 radical (unpaired) electrons. The minimum atomic E-state index is -0.721. The number of primary amides is 1. The highest BCUT2D eigenvalue weighted by molar-refractivity contribution is 8.03. The number of unbranched alkanes of at least 4 members (excludes halogenated alkanes) is 2. The summed E-state index contributed by atoms with van der Waals surface area (Å²) in [7, 11) is 2.11. The number of pyridine rings is 1. The van der Waals surface area contributed by atoms with Crippen molar-refractivity contribution in [1.29, 1.82) is 0 Å². The molecule has 47 heavy (non-hydrogen) atoms. The summed E-state index contributed by atoms with van der Waals surface area (Å²) in [6.07, 6.45) is 5.50. The maximum Gasteiger partial charge on any atom is 0.344 e. The summed E-state index contributed by atoms with van der Waals surface area (Å²) in [6, 6.07) is 28.3. The number of hydrogen-bond acceptors (Lipinski definition) is 7. The Balaban J connectivity index is 0.965. The quantitative estimate of drug-likeness (QED) is 0.0525. The van der Waals surface area contributed by atoms with Gasteiger partial charge in [-0.2, -0.15) is 0 Å². The van der Waals surface area contributed by atoms with Crippen molar-refractivity contribution in [2.24, 2.45) is 4.99 Å². The second kappa shape index (κ2) is 14.2. The molecule has 2 aromatic heterocycles. The monoisotopic (exact) mass is 645 g/mol. The Hall–Kier alpha value is -4.99. The standard InChI is InChI=1S/C38H36N4O4S/c1-25-21-27(23-36-41(3)32-12-7-9-14-34(32)47-36)22-26(2)42(25)20-10-4-5-15-35(43)39-29-16-18-30(19-17-29)40-37(44)31-24-28-11-6-8-13-33(28)46-38(31)45/h6-9,11-14,16-19,21-24H,4-5,10,15,20H2,1-3H3,(H-,39,40,43,44)/p+1. The molecule has 0 spiro atoms. The highest BCUT2D eigenvalue weighted by Crippen LogP contribution is 2.45. The molecule has 8 nitrogen and oxygen atoms in total. The largest absolute Gasteiger partial charge is 0.858 e. The summed E-state index contributed by atoms with van der Waals surface area (Å²) >= 11 is 1.80. The van der Waals surface area contributed by atoms with E-state index in [0.717, 1.165) is 31.5 Å². The van der Waals surface area contributed by atoms with Crippen LogP contribution in [0.25, 0.3) is 17.0 Å². The topological polar surface area (TPSA) is 106 Å². The number of thioether (sulfide) groups is 1. The molecule has 3 heterocycles. The number of aryl methyl sites for hydroxylation is 2. The van der Waals surface area contributed by atoms with E-state index in [4.69, 9.17) is 4.42 Å². The van der Waals surface area contributed by atoms with E-state index in [1.807, 2.05) is 0 Å². The lowest BCUT2D eigenvalue weighted by Crippen LogP contribution is -2.82. The van der Waals surface area contributed by atoms with Gasteiger partial charge in [-0.3, -0.25) is 10.3 Å². The van der Waals surface area contributed by atoms with Crippen LogP contribution in [0.5, 0.6) is 0 Å². The number of nitrogens with zero attached hydrogens (tertiary/aromatic N) is 3. The van der Waals surface area contributed by atoms with E-state index < -0.39 is 11.5 Å². The Labute approximate surface area is 278 Å². The number of anilines is 1. The van der Waals surface area contributed by atoms with Crippen molar-refractivity contribution in [1.82, 2.24) is 0 Å². The van der Waals surface area contributed by atoms with Crippen LogP contribution >= 0.6 is 11.8 Å². The van der Waals surface area contributed by atoms with E-state index in [1.54, 1.807) is 65.6 Å². The van der Waals surface area contributed by atoms with E-state index in [1.165, 1.54) is 38.6 Å². The van der Waals surface area contributed by atoms with Gasteiger partial charge in [0.25, 0.3) is 0 Å². The van der Waals surface area contributed by atoms with E-state index >= 15 is 0 Å². The number of aliphatic imine (C=N–C) groups is 1. The molecular weight excluding hydrogens is 609 g/mol.